The molecule has 2 amide bonds. The third kappa shape index (κ3) is 4.78. The van der Waals surface area contributed by atoms with E-state index in [2.05, 4.69) is 56.6 Å². The molecule has 0 spiro atoms. The minimum atomic E-state index is -0.189. The van der Waals surface area contributed by atoms with E-state index in [4.69, 9.17) is 0 Å². The number of carbonyl (C=O) groups is 1. The number of urea groups is 1. The molecule has 0 saturated carbocycles. The first-order chi connectivity index (χ1) is 13.3. The number of hydrogen-bond donors (Lipinski definition) is 2. The Morgan fingerprint density at radius 2 is 1.82 bits per heavy atom. The number of carbonyl (C=O) groups excluding carboxylic acids is 1. The Balaban J connectivity index is 1.63. The Kier molecular flexibility index (Phi) is 6.14. The van der Waals surface area contributed by atoms with Crippen LogP contribution in [0.25, 0.3) is 0 Å². The molecule has 0 radical (unpaired) electrons. The number of hydrogen-bond acceptors (Lipinski definition) is 5. The third-order valence-corrected chi connectivity index (χ3v) is 5.21. The lowest BCUT2D eigenvalue weighted by molar-refractivity contribution is 0.235. The Labute approximate surface area is 167 Å². The predicted octanol–water partition coefficient (Wildman–Crippen LogP) is 2.85. The number of likely N-dealkylation sites (N-methyl/N-ethyl adjacent to an activating group) is 1. The second-order valence-electron chi connectivity index (χ2n) is 7.95. The molecule has 0 unspecified atom stereocenters. The van der Waals surface area contributed by atoms with Gasteiger partial charge in [0.2, 0.25) is 0 Å². The molecule has 1 aliphatic heterocycles. The van der Waals surface area contributed by atoms with Gasteiger partial charge in [-0.2, -0.15) is 5.10 Å². The quantitative estimate of drug-likeness (QED) is 0.832. The molecule has 1 aromatic heterocycles. The third-order valence-electron chi connectivity index (χ3n) is 5.21. The lowest BCUT2D eigenvalue weighted by atomic mass is 10.0. The second-order valence-corrected chi connectivity index (χ2v) is 7.95. The van der Waals surface area contributed by atoms with E-state index in [1.54, 1.807) is 0 Å². The van der Waals surface area contributed by atoms with E-state index in [-0.39, 0.29) is 18.1 Å². The molecule has 1 fully saturated rings. The highest BCUT2D eigenvalue weighted by Crippen LogP contribution is 2.21. The zero-order chi connectivity index (χ0) is 20.3. The van der Waals surface area contributed by atoms with Crippen molar-refractivity contribution < 1.29 is 4.79 Å². The zero-order valence-electron chi connectivity index (χ0n) is 17.3. The second kappa shape index (κ2) is 8.56. The van der Waals surface area contributed by atoms with Crippen LogP contribution in [0.5, 0.6) is 0 Å². The number of aromatic nitrogens is 2. The summed E-state index contributed by atoms with van der Waals surface area (Å²) in [6.07, 6.45) is 0. The molecule has 2 heterocycles. The molecule has 28 heavy (non-hydrogen) atoms. The van der Waals surface area contributed by atoms with Gasteiger partial charge in [0.1, 0.15) is 0 Å². The van der Waals surface area contributed by atoms with E-state index in [1.807, 2.05) is 45.3 Å². The molecule has 1 aliphatic rings. The van der Waals surface area contributed by atoms with Crippen LogP contribution in [-0.4, -0.2) is 60.4 Å². The van der Waals surface area contributed by atoms with Crippen LogP contribution in [0.15, 0.2) is 36.4 Å². The maximum atomic E-state index is 12.6. The maximum absolute atomic E-state index is 12.6. The first-order valence-corrected chi connectivity index (χ1v) is 9.72. The molecule has 2 N–H and O–H groups in total. The number of benzene rings is 1. The Morgan fingerprint density at radius 3 is 2.39 bits per heavy atom. The van der Waals surface area contributed by atoms with Gasteiger partial charge in [-0.25, -0.2) is 4.79 Å². The summed E-state index contributed by atoms with van der Waals surface area (Å²) in [5.41, 5.74) is 2.94. The summed E-state index contributed by atoms with van der Waals surface area (Å²) < 4.78 is 0. The molecule has 7 nitrogen and oxygen atoms in total. The molecule has 3 rings (SSSR count). The van der Waals surface area contributed by atoms with Crippen molar-refractivity contribution in [3.8, 4) is 0 Å². The lowest BCUT2D eigenvalue weighted by Gasteiger charge is -2.25. The standard InChI is InChI=1S/C21H30N6O/c1-14(2)16-7-9-17(10-8-16)22-21(28)23-18-12-27(13-19(18)26(4)5)20-11-6-15(3)24-25-20/h6-11,14,18-19H,12-13H2,1-5H3,(H2,22,23,28)/t18-,19-/m1/s1. The van der Waals surface area contributed by atoms with Crippen LogP contribution in [0.4, 0.5) is 16.3 Å². The SMILES string of the molecule is Cc1ccc(N2C[C@@H](N(C)C)[C@H](NC(=O)Nc3ccc(C(C)C)cc3)C2)nn1. The average molecular weight is 383 g/mol. The fourth-order valence-electron chi connectivity index (χ4n) is 3.49. The number of nitrogens with one attached hydrogen (secondary N) is 2. The summed E-state index contributed by atoms with van der Waals surface area (Å²) in [6.45, 7) is 7.71. The van der Waals surface area contributed by atoms with Crippen molar-refractivity contribution in [3.05, 3.63) is 47.7 Å². The molecule has 0 aliphatic carbocycles. The minimum absolute atomic E-state index is 0.00644. The van der Waals surface area contributed by atoms with Gasteiger partial charge in [-0.05, 0) is 56.8 Å². The normalized spacial score (nSPS) is 19.3. The van der Waals surface area contributed by atoms with Gasteiger partial charge in [0.05, 0.1) is 11.7 Å². The number of anilines is 2. The fourth-order valence-corrected chi connectivity index (χ4v) is 3.49. The smallest absolute Gasteiger partial charge is 0.319 e. The van der Waals surface area contributed by atoms with Gasteiger partial charge in [0.15, 0.2) is 5.82 Å². The maximum Gasteiger partial charge on any atom is 0.319 e. The van der Waals surface area contributed by atoms with Gasteiger partial charge >= 0.3 is 6.03 Å². The number of nitrogens with zero attached hydrogens (tertiary/aromatic N) is 4. The Bertz CT molecular complexity index is 788. The largest absolute Gasteiger partial charge is 0.351 e. The van der Waals surface area contributed by atoms with Gasteiger partial charge in [-0.15, -0.1) is 5.10 Å². The highest BCUT2D eigenvalue weighted by atomic mass is 16.2. The van der Waals surface area contributed by atoms with E-state index >= 15 is 0 Å². The van der Waals surface area contributed by atoms with Crippen LogP contribution in [0.2, 0.25) is 0 Å². The van der Waals surface area contributed by atoms with E-state index in [0.29, 0.717) is 12.5 Å². The monoisotopic (exact) mass is 382 g/mol. The molecule has 2 aromatic rings. The number of aryl methyl sites for hydroxylation is 1. The van der Waals surface area contributed by atoms with Crippen molar-refractivity contribution in [2.45, 2.75) is 38.8 Å². The average Bonchev–Trinajstić information content (AvgIpc) is 3.06. The summed E-state index contributed by atoms with van der Waals surface area (Å²) in [6, 6.07) is 11.9. The van der Waals surface area contributed by atoms with Crippen molar-refractivity contribution in [2.24, 2.45) is 0 Å². The van der Waals surface area contributed by atoms with Crippen LogP contribution >= 0.6 is 0 Å². The summed E-state index contributed by atoms with van der Waals surface area (Å²) in [5.74, 6) is 1.31. The Hall–Kier alpha value is -2.67. The number of amides is 2. The molecule has 0 bridgehead atoms. The van der Waals surface area contributed by atoms with Crippen molar-refractivity contribution in [2.75, 3.05) is 37.4 Å². The molecule has 150 valence electrons. The minimum Gasteiger partial charge on any atom is -0.351 e. The predicted molar refractivity (Wildman–Crippen MR) is 113 cm³/mol. The van der Waals surface area contributed by atoms with Gasteiger partial charge in [0, 0.05) is 24.8 Å². The van der Waals surface area contributed by atoms with Crippen LogP contribution in [-0.2, 0) is 0 Å². The van der Waals surface area contributed by atoms with Gasteiger partial charge < -0.3 is 20.4 Å². The van der Waals surface area contributed by atoms with E-state index in [0.717, 1.165) is 23.7 Å². The first kappa shape index (κ1) is 20.1. The summed E-state index contributed by atoms with van der Waals surface area (Å²) in [4.78, 5) is 16.9. The van der Waals surface area contributed by atoms with Gasteiger partial charge in [0.25, 0.3) is 0 Å². The topological polar surface area (TPSA) is 73.4 Å². The summed E-state index contributed by atoms with van der Waals surface area (Å²) >= 11 is 0. The van der Waals surface area contributed by atoms with Crippen molar-refractivity contribution >= 4 is 17.5 Å². The van der Waals surface area contributed by atoms with Crippen LogP contribution in [0.1, 0.15) is 31.0 Å². The lowest BCUT2D eigenvalue weighted by Crippen LogP contribution is -2.49. The van der Waals surface area contributed by atoms with E-state index in [9.17, 15) is 4.79 Å². The summed E-state index contributed by atoms with van der Waals surface area (Å²) in [5, 5.41) is 14.5. The summed E-state index contributed by atoms with van der Waals surface area (Å²) in [7, 11) is 4.07. The molecule has 1 aromatic carbocycles. The molecule has 1 saturated heterocycles. The van der Waals surface area contributed by atoms with Crippen molar-refractivity contribution in [3.63, 3.8) is 0 Å². The van der Waals surface area contributed by atoms with Gasteiger partial charge in [-0.3, -0.25) is 0 Å². The molecule has 2 atom stereocenters. The molecular weight excluding hydrogens is 352 g/mol. The fraction of sp³-hybridized carbons (Fsp3) is 0.476. The molecular formula is C21H30N6O. The molecule has 7 heteroatoms. The Morgan fingerprint density at radius 1 is 1.11 bits per heavy atom. The van der Waals surface area contributed by atoms with Crippen LogP contribution in [0, 0.1) is 6.92 Å². The highest BCUT2D eigenvalue weighted by Gasteiger charge is 2.36. The van der Waals surface area contributed by atoms with Crippen molar-refractivity contribution in [1.29, 1.82) is 0 Å². The van der Waals surface area contributed by atoms with E-state index in [1.165, 1.54) is 5.56 Å². The van der Waals surface area contributed by atoms with Crippen LogP contribution in [0.3, 0.4) is 0 Å². The zero-order valence-corrected chi connectivity index (χ0v) is 17.3. The number of rotatable bonds is 5. The highest BCUT2D eigenvalue weighted by molar-refractivity contribution is 5.89. The van der Waals surface area contributed by atoms with Crippen molar-refractivity contribution in [1.82, 2.24) is 20.4 Å². The van der Waals surface area contributed by atoms with E-state index < -0.39 is 0 Å². The first-order valence-electron chi connectivity index (χ1n) is 9.72. The van der Waals surface area contributed by atoms with Crippen LogP contribution < -0.4 is 15.5 Å². The van der Waals surface area contributed by atoms with Gasteiger partial charge in [-0.1, -0.05) is 26.0 Å².